The first-order valence-electron chi connectivity index (χ1n) is 12.7. The van der Waals surface area contributed by atoms with Gasteiger partial charge in [-0.15, -0.1) is 0 Å². The SMILES string of the molecule is CC1(C)OB(c2ccc3c(c2)C2(c4ccccc4O3)c3ccccc3-c3c(C#N)cccc32)OC1(C)C. The van der Waals surface area contributed by atoms with Gasteiger partial charge in [-0.05, 0) is 68.0 Å². The monoisotopic (exact) mass is 483 g/mol. The quantitative estimate of drug-likeness (QED) is 0.257. The lowest BCUT2D eigenvalue weighted by atomic mass is 9.64. The minimum absolute atomic E-state index is 0.442. The fourth-order valence-corrected chi connectivity index (χ4v) is 6.19. The van der Waals surface area contributed by atoms with Crippen molar-refractivity contribution in [1.29, 1.82) is 5.26 Å². The van der Waals surface area contributed by atoms with Crippen LogP contribution in [0.1, 0.15) is 55.5 Å². The van der Waals surface area contributed by atoms with Crippen LogP contribution in [-0.4, -0.2) is 18.3 Å². The van der Waals surface area contributed by atoms with Crippen molar-refractivity contribution >= 4 is 12.6 Å². The van der Waals surface area contributed by atoms with Crippen molar-refractivity contribution in [3.63, 3.8) is 0 Å². The van der Waals surface area contributed by atoms with E-state index in [1.165, 1.54) is 0 Å². The van der Waals surface area contributed by atoms with Crippen LogP contribution in [0.15, 0.2) is 84.9 Å². The first-order chi connectivity index (χ1) is 17.8. The van der Waals surface area contributed by atoms with Crippen LogP contribution < -0.4 is 10.2 Å². The molecule has 0 aromatic heterocycles. The Morgan fingerprint density at radius 3 is 2.08 bits per heavy atom. The van der Waals surface area contributed by atoms with E-state index in [-0.39, 0.29) is 0 Å². The molecule has 4 aromatic carbocycles. The molecule has 3 aliphatic rings. The molecule has 0 radical (unpaired) electrons. The van der Waals surface area contributed by atoms with Crippen molar-refractivity contribution < 1.29 is 14.0 Å². The predicted molar refractivity (Wildman–Crippen MR) is 144 cm³/mol. The minimum atomic E-state index is -0.636. The second-order valence-corrected chi connectivity index (χ2v) is 11.1. The summed E-state index contributed by atoms with van der Waals surface area (Å²) < 4.78 is 19.4. The third kappa shape index (κ3) is 2.80. The average Bonchev–Trinajstić information content (AvgIpc) is 3.31. The number of nitriles is 1. The summed E-state index contributed by atoms with van der Waals surface area (Å²) in [7, 11) is -0.494. The lowest BCUT2D eigenvalue weighted by Gasteiger charge is -2.39. The predicted octanol–water partition coefficient (Wildman–Crippen LogP) is 6.33. The summed E-state index contributed by atoms with van der Waals surface area (Å²) in [5.74, 6) is 1.62. The van der Waals surface area contributed by atoms with E-state index in [1.54, 1.807) is 0 Å². The summed E-state index contributed by atoms with van der Waals surface area (Å²) in [5.41, 5.74) is 6.51. The zero-order chi connectivity index (χ0) is 25.6. The molecule has 1 aliphatic carbocycles. The van der Waals surface area contributed by atoms with E-state index in [2.05, 4.69) is 76.2 Å². The summed E-state index contributed by atoms with van der Waals surface area (Å²) in [6, 6.07) is 31.4. The summed E-state index contributed by atoms with van der Waals surface area (Å²) in [6.45, 7) is 8.27. The van der Waals surface area contributed by atoms with Gasteiger partial charge in [0.15, 0.2) is 0 Å². The van der Waals surface area contributed by atoms with Crippen molar-refractivity contribution in [2.75, 3.05) is 0 Å². The second-order valence-electron chi connectivity index (χ2n) is 11.1. The molecule has 4 aromatic rings. The summed E-state index contributed by atoms with van der Waals surface area (Å²) in [5, 5.41) is 10.1. The van der Waals surface area contributed by atoms with Crippen molar-refractivity contribution in [2.24, 2.45) is 0 Å². The zero-order valence-electron chi connectivity index (χ0n) is 21.3. The molecule has 1 unspecified atom stereocenters. The summed E-state index contributed by atoms with van der Waals surface area (Å²) >= 11 is 0. The number of para-hydroxylation sites is 1. The Hall–Kier alpha value is -3.85. The summed E-state index contributed by atoms with van der Waals surface area (Å²) in [4.78, 5) is 0. The van der Waals surface area contributed by atoms with E-state index in [0.717, 1.165) is 50.3 Å². The van der Waals surface area contributed by atoms with Gasteiger partial charge in [0.05, 0.1) is 28.2 Å². The molecule has 180 valence electrons. The van der Waals surface area contributed by atoms with Crippen LogP contribution in [0.3, 0.4) is 0 Å². The van der Waals surface area contributed by atoms with Crippen LogP contribution >= 0.6 is 0 Å². The molecule has 1 saturated heterocycles. The van der Waals surface area contributed by atoms with Crippen LogP contribution in [0.5, 0.6) is 11.5 Å². The Balaban J connectivity index is 1.56. The highest BCUT2D eigenvalue weighted by molar-refractivity contribution is 6.62. The Morgan fingerprint density at radius 2 is 1.32 bits per heavy atom. The van der Waals surface area contributed by atoms with E-state index in [1.807, 2.05) is 42.5 Å². The van der Waals surface area contributed by atoms with E-state index in [0.29, 0.717) is 5.56 Å². The Morgan fingerprint density at radius 1 is 0.676 bits per heavy atom. The molecule has 0 amide bonds. The van der Waals surface area contributed by atoms with Gasteiger partial charge in [-0.1, -0.05) is 66.7 Å². The number of hydrogen-bond acceptors (Lipinski definition) is 4. The average molecular weight is 483 g/mol. The zero-order valence-corrected chi connectivity index (χ0v) is 21.3. The third-order valence-corrected chi connectivity index (χ3v) is 8.63. The molecule has 7 rings (SSSR count). The molecule has 4 nitrogen and oxygen atoms in total. The lowest BCUT2D eigenvalue weighted by molar-refractivity contribution is 0.00578. The van der Waals surface area contributed by atoms with Crippen molar-refractivity contribution in [3.8, 4) is 28.7 Å². The molecule has 5 heteroatoms. The van der Waals surface area contributed by atoms with E-state index in [4.69, 9.17) is 14.0 Å². The highest BCUT2D eigenvalue weighted by Crippen LogP contribution is 2.62. The fourth-order valence-electron chi connectivity index (χ4n) is 6.19. The molecule has 1 fully saturated rings. The maximum absolute atomic E-state index is 10.1. The molecule has 2 heterocycles. The first kappa shape index (κ1) is 22.4. The molecule has 1 atom stereocenters. The number of nitrogens with zero attached hydrogens (tertiary/aromatic N) is 1. The van der Waals surface area contributed by atoms with Gasteiger partial charge in [0, 0.05) is 16.7 Å². The van der Waals surface area contributed by atoms with Gasteiger partial charge in [0.25, 0.3) is 0 Å². The van der Waals surface area contributed by atoms with Crippen molar-refractivity contribution in [3.05, 3.63) is 113 Å². The van der Waals surface area contributed by atoms with Gasteiger partial charge < -0.3 is 14.0 Å². The molecule has 1 spiro atoms. The smallest absolute Gasteiger partial charge is 0.457 e. The molecule has 0 saturated carbocycles. The van der Waals surface area contributed by atoms with Gasteiger partial charge in [-0.2, -0.15) is 5.26 Å². The number of rotatable bonds is 1. The second kappa shape index (κ2) is 7.35. The van der Waals surface area contributed by atoms with E-state index < -0.39 is 23.7 Å². The molecule has 0 N–H and O–H groups in total. The summed E-state index contributed by atoms with van der Waals surface area (Å²) in [6.07, 6.45) is 0. The van der Waals surface area contributed by atoms with Crippen LogP contribution in [0.25, 0.3) is 11.1 Å². The van der Waals surface area contributed by atoms with Crippen LogP contribution in [0, 0.1) is 11.3 Å². The molecular formula is C32H26BNO3. The standard InChI is InChI=1S/C32H26BNO3/c1-30(2)31(3,4)37-33(36-30)21-16-17-28-26(18-21)32(24-13-7-8-15-27(24)35-28)23-12-6-5-11-22(23)29-20(19-34)10-9-14-25(29)32/h5-18H,1-4H3. The molecule has 37 heavy (non-hydrogen) atoms. The van der Waals surface area contributed by atoms with Gasteiger partial charge in [0.1, 0.15) is 11.5 Å². The van der Waals surface area contributed by atoms with Gasteiger partial charge in [0.2, 0.25) is 0 Å². The van der Waals surface area contributed by atoms with Gasteiger partial charge in [-0.3, -0.25) is 0 Å². The highest BCUT2D eigenvalue weighted by Gasteiger charge is 2.54. The van der Waals surface area contributed by atoms with Crippen molar-refractivity contribution in [2.45, 2.75) is 44.3 Å². The van der Waals surface area contributed by atoms with Gasteiger partial charge >= 0.3 is 7.12 Å². The lowest BCUT2D eigenvalue weighted by Crippen LogP contribution is -2.41. The number of fused-ring (bicyclic) bond motifs is 9. The number of benzene rings is 4. The first-order valence-corrected chi connectivity index (χ1v) is 12.7. The molecular weight excluding hydrogens is 457 g/mol. The Bertz CT molecular complexity index is 1630. The van der Waals surface area contributed by atoms with Crippen molar-refractivity contribution in [1.82, 2.24) is 0 Å². The Labute approximate surface area is 217 Å². The molecule has 0 bridgehead atoms. The van der Waals surface area contributed by atoms with E-state index in [9.17, 15) is 5.26 Å². The number of hydrogen-bond donors (Lipinski definition) is 0. The fraction of sp³-hybridized carbons (Fsp3) is 0.219. The normalized spacial score (nSPS) is 21.4. The third-order valence-electron chi connectivity index (χ3n) is 8.63. The van der Waals surface area contributed by atoms with Crippen LogP contribution in [0.4, 0.5) is 0 Å². The van der Waals surface area contributed by atoms with Crippen LogP contribution in [0.2, 0.25) is 0 Å². The van der Waals surface area contributed by atoms with E-state index >= 15 is 0 Å². The Kier molecular flexibility index (Phi) is 4.44. The topological polar surface area (TPSA) is 51.5 Å². The van der Waals surface area contributed by atoms with Gasteiger partial charge in [-0.25, -0.2) is 0 Å². The highest BCUT2D eigenvalue weighted by atomic mass is 16.7. The largest absolute Gasteiger partial charge is 0.494 e. The minimum Gasteiger partial charge on any atom is -0.457 e. The number of ether oxygens (including phenoxy) is 1. The van der Waals surface area contributed by atoms with Crippen LogP contribution in [-0.2, 0) is 14.7 Å². The molecule has 2 aliphatic heterocycles. The maximum Gasteiger partial charge on any atom is 0.494 e. The maximum atomic E-state index is 10.1.